The second-order valence-corrected chi connectivity index (χ2v) is 9.46. The zero-order chi connectivity index (χ0) is 19.4. The number of carbonyl (C=O) groups is 1. The first-order valence-corrected chi connectivity index (χ1v) is 11.3. The minimum absolute atomic E-state index is 0. The molecule has 152 valence electrons. The summed E-state index contributed by atoms with van der Waals surface area (Å²) in [6.45, 7) is 10.1. The molecule has 0 unspecified atom stereocenters. The van der Waals surface area contributed by atoms with E-state index in [0.717, 1.165) is 40.0 Å². The molecule has 0 aliphatic carbocycles. The van der Waals surface area contributed by atoms with Crippen LogP contribution in [0.3, 0.4) is 0 Å². The minimum Gasteiger partial charge on any atom is -1.00 e. The first-order chi connectivity index (χ1) is 13.0. The molecule has 4 nitrogen and oxygen atoms in total. The van der Waals surface area contributed by atoms with Gasteiger partial charge in [-0.3, -0.25) is 9.69 Å². The Balaban J connectivity index is 0.00000280. The molecule has 2 heterocycles. The van der Waals surface area contributed by atoms with E-state index < -0.39 is 0 Å². The van der Waals surface area contributed by atoms with E-state index in [1.807, 2.05) is 30.3 Å². The van der Waals surface area contributed by atoms with Gasteiger partial charge in [-0.15, -0.1) is 0 Å². The Bertz CT molecular complexity index is 747. The molecule has 0 bridgehead atoms. The van der Waals surface area contributed by atoms with Crippen molar-refractivity contribution in [2.24, 2.45) is 0 Å². The summed E-state index contributed by atoms with van der Waals surface area (Å²) in [5.74, 6) is 1.57. The Morgan fingerprint density at radius 2 is 1.79 bits per heavy atom. The first kappa shape index (κ1) is 23.1. The molecule has 0 spiro atoms. The third kappa shape index (κ3) is 5.23. The Hall–Kier alpha value is -1.21. The van der Waals surface area contributed by atoms with Crippen LogP contribution in [-0.4, -0.2) is 34.6 Å². The average Bonchev–Trinajstić information content (AvgIpc) is 2.65. The number of aromatic nitrogens is 1. The van der Waals surface area contributed by atoms with Gasteiger partial charge in [0.15, 0.2) is 5.82 Å². The summed E-state index contributed by atoms with van der Waals surface area (Å²) in [7, 11) is 0. The van der Waals surface area contributed by atoms with Gasteiger partial charge in [-0.05, 0) is 52.0 Å². The van der Waals surface area contributed by atoms with Crippen LogP contribution >= 0.6 is 23.5 Å². The maximum Gasteiger partial charge on any atom is 0.291 e. The smallest absolute Gasteiger partial charge is 0.291 e. The van der Waals surface area contributed by atoms with Gasteiger partial charge >= 0.3 is 0 Å². The summed E-state index contributed by atoms with van der Waals surface area (Å²) in [4.78, 5) is 23.1. The van der Waals surface area contributed by atoms with Crippen LogP contribution in [-0.2, 0) is 0 Å². The largest absolute Gasteiger partial charge is 1.00 e. The van der Waals surface area contributed by atoms with Crippen molar-refractivity contribution >= 4 is 40.3 Å². The van der Waals surface area contributed by atoms with E-state index in [1.54, 1.807) is 27.8 Å². The second kappa shape index (κ2) is 10.5. The zero-order valence-electron chi connectivity index (χ0n) is 16.8. The van der Waals surface area contributed by atoms with Crippen LogP contribution in [0.25, 0.3) is 0 Å². The van der Waals surface area contributed by atoms with Gasteiger partial charge in [0.25, 0.3) is 5.24 Å². The number of pyridine rings is 1. The van der Waals surface area contributed by atoms with E-state index in [0.29, 0.717) is 12.1 Å². The molecule has 3 rings (SSSR count). The number of quaternary nitrogens is 1. The van der Waals surface area contributed by atoms with Gasteiger partial charge in [0.05, 0.1) is 29.2 Å². The van der Waals surface area contributed by atoms with Gasteiger partial charge in [-0.25, -0.2) is 4.98 Å². The van der Waals surface area contributed by atoms with Crippen molar-refractivity contribution < 1.29 is 22.1 Å². The Morgan fingerprint density at radius 3 is 2.50 bits per heavy atom. The number of benzene rings is 1. The van der Waals surface area contributed by atoms with Crippen LogP contribution in [0.4, 0.5) is 16.3 Å². The number of rotatable bonds is 6. The lowest BCUT2D eigenvalue weighted by molar-refractivity contribution is -0.942. The predicted molar refractivity (Wildman–Crippen MR) is 116 cm³/mol. The molecule has 0 saturated carbocycles. The number of para-hydroxylation sites is 1. The number of carbonyl (C=O) groups excluding carboxylic acids is 1. The fraction of sp³-hybridized carbons (Fsp3) is 0.429. The fourth-order valence-electron chi connectivity index (χ4n) is 3.52. The maximum absolute atomic E-state index is 13.1. The van der Waals surface area contributed by atoms with Crippen molar-refractivity contribution in [3.05, 3.63) is 42.6 Å². The molecule has 1 amide bonds. The topological polar surface area (TPSA) is 37.6 Å². The van der Waals surface area contributed by atoms with Crippen LogP contribution in [0.5, 0.6) is 0 Å². The Labute approximate surface area is 182 Å². The highest BCUT2D eigenvalue weighted by Crippen LogP contribution is 2.47. The van der Waals surface area contributed by atoms with E-state index in [4.69, 9.17) is 0 Å². The molecular formula is C21H28ClN3OS2. The number of fused-ring (bicyclic) bond motifs is 2. The molecule has 1 aliphatic heterocycles. The van der Waals surface area contributed by atoms with E-state index >= 15 is 0 Å². The predicted octanol–water partition coefficient (Wildman–Crippen LogP) is 1.63. The first-order valence-electron chi connectivity index (χ1n) is 9.53. The number of amides is 1. The van der Waals surface area contributed by atoms with Gasteiger partial charge in [-0.1, -0.05) is 35.7 Å². The third-order valence-electron chi connectivity index (χ3n) is 4.79. The fourth-order valence-corrected chi connectivity index (χ4v) is 5.33. The number of nitrogens with zero attached hydrogens (tertiary/aromatic N) is 2. The molecule has 1 aromatic carbocycles. The lowest BCUT2D eigenvalue weighted by Crippen LogP contribution is -3.17. The maximum atomic E-state index is 13.1. The molecule has 2 aromatic rings. The summed E-state index contributed by atoms with van der Waals surface area (Å²) in [6, 6.07) is 13.2. The van der Waals surface area contributed by atoms with Gasteiger partial charge < -0.3 is 17.3 Å². The number of nitrogens with one attached hydrogen (secondary N) is 1. The lowest BCUT2D eigenvalue weighted by atomic mass is 10.2. The van der Waals surface area contributed by atoms with E-state index in [9.17, 15) is 4.79 Å². The molecule has 7 heteroatoms. The molecule has 0 atom stereocenters. The number of halogens is 1. The SMILES string of the molecule is CC(C)[NH+](CCCSC(=O)N1c2ccccc2Sc2cccnc21)C(C)C.[Cl-]. The highest BCUT2D eigenvalue weighted by atomic mass is 35.5. The lowest BCUT2D eigenvalue weighted by Gasteiger charge is -2.29. The summed E-state index contributed by atoms with van der Waals surface area (Å²) in [6.07, 6.45) is 2.78. The highest BCUT2D eigenvalue weighted by Gasteiger charge is 2.29. The van der Waals surface area contributed by atoms with E-state index in [1.165, 1.54) is 11.8 Å². The normalized spacial score (nSPS) is 12.8. The molecule has 0 saturated heterocycles. The van der Waals surface area contributed by atoms with Crippen LogP contribution in [0.15, 0.2) is 52.4 Å². The Morgan fingerprint density at radius 1 is 1.11 bits per heavy atom. The average molecular weight is 438 g/mol. The van der Waals surface area contributed by atoms with Crippen molar-refractivity contribution in [3.63, 3.8) is 0 Å². The molecule has 1 aromatic heterocycles. The summed E-state index contributed by atoms with van der Waals surface area (Å²) in [5, 5.41) is 0.0540. The quantitative estimate of drug-likeness (QED) is 0.697. The van der Waals surface area contributed by atoms with Crippen LogP contribution in [0.1, 0.15) is 34.1 Å². The van der Waals surface area contributed by atoms with Crippen molar-refractivity contribution in [1.29, 1.82) is 0 Å². The van der Waals surface area contributed by atoms with Gasteiger partial charge in [0.2, 0.25) is 0 Å². The van der Waals surface area contributed by atoms with E-state index in [2.05, 4.69) is 38.7 Å². The molecule has 1 N–H and O–H groups in total. The summed E-state index contributed by atoms with van der Waals surface area (Å²) >= 11 is 3.07. The monoisotopic (exact) mass is 437 g/mol. The highest BCUT2D eigenvalue weighted by molar-refractivity contribution is 8.13. The van der Waals surface area contributed by atoms with Crippen molar-refractivity contribution in [1.82, 2.24) is 4.98 Å². The molecule has 0 fully saturated rings. The number of anilines is 2. The number of hydrogen-bond acceptors (Lipinski definition) is 4. The minimum atomic E-state index is 0. The molecule has 0 radical (unpaired) electrons. The van der Waals surface area contributed by atoms with Gasteiger partial charge in [-0.2, -0.15) is 0 Å². The number of hydrogen-bond donors (Lipinski definition) is 1. The van der Waals surface area contributed by atoms with Crippen molar-refractivity contribution in [3.8, 4) is 0 Å². The molecular weight excluding hydrogens is 410 g/mol. The van der Waals surface area contributed by atoms with Crippen LogP contribution in [0.2, 0.25) is 0 Å². The zero-order valence-corrected chi connectivity index (χ0v) is 19.2. The molecule has 28 heavy (non-hydrogen) atoms. The van der Waals surface area contributed by atoms with Crippen LogP contribution < -0.4 is 22.2 Å². The number of thioether (sulfide) groups is 1. The standard InChI is InChI=1S/C21H27N3OS2.ClH/c1-15(2)23(16(3)4)13-8-14-26-21(25)24-17-9-5-6-10-18(17)27-19-11-7-12-22-20(19)24;/h5-7,9-12,15-16H,8,13-14H2,1-4H3;1H. The second-order valence-electron chi connectivity index (χ2n) is 7.33. The molecule has 1 aliphatic rings. The van der Waals surface area contributed by atoms with E-state index in [-0.39, 0.29) is 17.6 Å². The van der Waals surface area contributed by atoms with Crippen molar-refractivity contribution in [2.75, 3.05) is 17.2 Å². The van der Waals surface area contributed by atoms with Gasteiger partial charge in [0, 0.05) is 23.3 Å². The van der Waals surface area contributed by atoms with Gasteiger partial charge in [0.1, 0.15) is 0 Å². The van der Waals surface area contributed by atoms with Crippen LogP contribution in [0, 0.1) is 0 Å². The Kier molecular flexibility index (Phi) is 8.68. The summed E-state index contributed by atoms with van der Waals surface area (Å²) < 4.78 is 0. The van der Waals surface area contributed by atoms with Crippen molar-refractivity contribution in [2.45, 2.75) is 56.0 Å². The summed E-state index contributed by atoms with van der Waals surface area (Å²) in [5.41, 5.74) is 0.933. The third-order valence-corrected chi connectivity index (χ3v) is 6.82.